The van der Waals surface area contributed by atoms with Gasteiger partial charge < -0.3 is 19.1 Å². The van der Waals surface area contributed by atoms with E-state index in [1.54, 1.807) is 7.05 Å². The second kappa shape index (κ2) is 9.08. The number of aryl methyl sites for hydroxylation is 1. The minimum absolute atomic E-state index is 0.0279. The average molecular weight is 412 g/mol. The van der Waals surface area contributed by atoms with Crippen LogP contribution in [0.25, 0.3) is 6.08 Å². The predicted molar refractivity (Wildman–Crippen MR) is 107 cm³/mol. The van der Waals surface area contributed by atoms with E-state index in [1.807, 2.05) is 31.2 Å². The molecule has 0 N–H and O–H groups in total. The fourth-order valence-corrected chi connectivity index (χ4v) is 2.82. The Bertz CT molecular complexity index is 1020. The van der Waals surface area contributed by atoms with Gasteiger partial charge in [-0.15, -0.1) is 0 Å². The number of fused-ring (bicyclic) bond motifs is 1. The van der Waals surface area contributed by atoms with Crippen molar-refractivity contribution in [3.8, 4) is 11.5 Å². The third-order valence-electron chi connectivity index (χ3n) is 4.55. The van der Waals surface area contributed by atoms with Crippen molar-refractivity contribution in [2.24, 2.45) is 0 Å². The lowest BCUT2D eigenvalue weighted by molar-refractivity contribution is -0.385. The molecule has 0 saturated heterocycles. The largest absolute Gasteiger partial charge is 0.454 e. The van der Waals surface area contributed by atoms with Gasteiger partial charge in [0.2, 0.25) is 6.79 Å². The summed E-state index contributed by atoms with van der Waals surface area (Å²) in [7, 11) is 1.62. The van der Waals surface area contributed by atoms with Crippen molar-refractivity contribution < 1.29 is 28.7 Å². The number of hydrogen-bond donors (Lipinski definition) is 0. The molecule has 0 radical (unpaired) electrons. The van der Waals surface area contributed by atoms with Gasteiger partial charge in [-0.25, -0.2) is 4.79 Å². The highest BCUT2D eigenvalue weighted by molar-refractivity contribution is 5.90. The number of rotatable bonds is 7. The fourth-order valence-electron chi connectivity index (χ4n) is 2.82. The molecule has 1 amide bonds. The molecule has 0 aliphatic carbocycles. The Labute approximate surface area is 172 Å². The maximum absolute atomic E-state index is 12.2. The molecule has 1 heterocycles. The number of esters is 1. The van der Waals surface area contributed by atoms with Crippen LogP contribution in [-0.4, -0.2) is 42.1 Å². The lowest BCUT2D eigenvalue weighted by Gasteiger charge is -2.18. The summed E-state index contributed by atoms with van der Waals surface area (Å²) in [4.78, 5) is 36.3. The van der Waals surface area contributed by atoms with Crippen LogP contribution in [0, 0.1) is 17.0 Å². The highest BCUT2D eigenvalue weighted by Crippen LogP contribution is 2.38. The van der Waals surface area contributed by atoms with Crippen molar-refractivity contribution in [2.75, 3.05) is 20.4 Å². The first-order chi connectivity index (χ1) is 14.3. The molecule has 0 spiro atoms. The van der Waals surface area contributed by atoms with Crippen molar-refractivity contribution in [1.29, 1.82) is 0 Å². The van der Waals surface area contributed by atoms with Crippen LogP contribution in [0.2, 0.25) is 0 Å². The number of benzene rings is 2. The van der Waals surface area contributed by atoms with Crippen LogP contribution in [0.3, 0.4) is 0 Å². The average Bonchev–Trinajstić information content (AvgIpc) is 3.18. The zero-order valence-corrected chi connectivity index (χ0v) is 16.5. The van der Waals surface area contributed by atoms with Crippen LogP contribution in [0.1, 0.15) is 16.7 Å². The zero-order chi connectivity index (χ0) is 21.7. The van der Waals surface area contributed by atoms with E-state index in [-0.39, 0.29) is 29.7 Å². The van der Waals surface area contributed by atoms with Crippen LogP contribution >= 0.6 is 0 Å². The minimum atomic E-state index is -0.792. The van der Waals surface area contributed by atoms with E-state index in [2.05, 4.69) is 0 Å². The van der Waals surface area contributed by atoms with Crippen LogP contribution in [-0.2, 0) is 20.9 Å². The highest BCUT2D eigenvalue weighted by Gasteiger charge is 2.22. The van der Waals surface area contributed by atoms with Gasteiger partial charge in [-0.2, -0.15) is 0 Å². The molecule has 0 saturated carbocycles. The Morgan fingerprint density at radius 1 is 1.23 bits per heavy atom. The quantitative estimate of drug-likeness (QED) is 0.298. The molecule has 9 nitrogen and oxygen atoms in total. The van der Waals surface area contributed by atoms with Crippen molar-refractivity contribution in [1.82, 2.24) is 4.90 Å². The molecule has 0 unspecified atom stereocenters. The molecule has 9 heteroatoms. The Hall–Kier alpha value is -3.88. The monoisotopic (exact) mass is 412 g/mol. The van der Waals surface area contributed by atoms with Crippen molar-refractivity contribution >= 4 is 23.6 Å². The predicted octanol–water partition coefficient (Wildman–Crippen LogP) is 2.85. The summed E-state index contributed by atoms with van der Waals surface area (Å²) in [6.07, 6.45) is 2.27. The molecule has 30 heavy (non-hydrogen) atoms. The Kier molecular flexibility index (Phi) is 6.31. The maximum Gasteiger partial charge on any atom is 0.331 e. The molecule has 0 aromatic heterocycles. The van der Waals surface area contributed by atoms with E-state index in [0.29, 0.717) is 12.3 Å². The van der Waals surface area contributed by atoms with Crippen LogP contribution < -0.4 is 9.47 Å². The third kappa shape index (κ3) is 4.93. The Morgan fingerprint density at radius 2 is 1.93 bits per heavy atom. The second-order valence-corrected chi connectivity index (χ2v) is 6.64. The second-order valence-electron chi connectivity index (χ2n) is 6.64. The van der Waals surface area contributed by atoms with Gasteiger partial charge in [0, 0.05) is 19.7 Å². The van der Waals surface area contributed by atoms with Crippen molar-refractivity contribution in [3.63, 3.8) is 0 Å². The number of carbonyl (C=O) groups is 2. The van der Waals surface area contributed by atoms with Gasteiger partial charge in [0.1, 0.15) is 0 Å². The molecule has 1 aliphatic rings. The number of nitro groups is 1. The van der Waals surface area contributed by atoms with Crippen LogP contribution in [0.5, 0.6) is 11.5 Å². The van der Waals surface area contributed by atoms with E-state index in [1.165, 1.54) is 23.1 Å². The molecule has 2 aromatic carbocycles. The summed E-state index contributed by atoms with van der Waals surface area (Å²) in [5, 5.41) is 11.2. The number of ether oxygens (including phenoxy) is 3. The normalized spacial score (nSPS) is 12.1. The topological polar surface area (TPSA) is 108 Å². The first-order valence-electron chi connectivity index (χ1n) is 9.06. The zero-order valence-electron chi connectivity index (χ0n) is 16.5. The minimum Gasteiger partial charge on any atom is -0.454 e. The number of amides is 1. The van der Waals surface area contributed by atoms with E-state index < -0.39 is 17.5 Å². The van der Waals surface area contributed by atoms with Gasteiger partial charge >= 0.3 is 5.97 Å². The van der Waals surface area contributed by atoms with E-state index in [9.17, 15) is 19.7 Å². The highest BCUT2D eigenvalue weighted by atomic mass is 16.7. The summed E-state index contributed by atoms with van der Waals surface area (Å²) >= 11 is 0. The van der Waals surface area contributed by atoms with Gasteiger partial charge in [-0.3, -0.25) is 14.9 Å². The lowest BCUT2D eigenvalue weighted by atomic mass is 10.1. The molecular formula is C21H20N2O7. The fraction of sp³-hybridized carbons (Fsp3) is 0.238. The Balaban J connectivity index is 1.58. The van der Waals surface area contributed by atoms with Crippen LogP contribution in [0.15, 0.2) is 42.5 Å². The number of hydrogen-bond acceptors (Lipinski definition) is 7. The van der Waals surface area contributed by atoms with E-state index in [0.717, 1.165) is 17.2 Å². The molecule has 1 aliphatic heterocycles. The Morgan fingerprint density at radius 3 is 2.63 bits per heavy atom. The molecule has 0 bridgehead atoms. The maximum atomic E-state index is 12.2. The molecule has 0 fully saturated rings. The van der Waals surface area contributed by atoms with Gasteiger partial charge in [0.25, 0.3) is 11.6 Å². The molecule has 0 atom stereocenters. The van der Waals surface area contributed by atoms with Gasteiger partial charge in [0.05, 0.1) is 16.6 Å². The summed E-state index contributed by atoms with van der Waals surface area (Å²) < 4.78 is 15.3. The number of nitrogens with zero attached hydrogens (tertiary/aromatic N) is 2. The van der Waals surface area contributed by atoms with E-state index >= 15 is 0 Å². The summed E-state index contributed by atoms with van der Waals surface area (Å²) in [5.74, 6) is -0.543. The molecule has 156 valence electrons. The number of carbonyl (C=O) groups excluding carboxylic acids is 2. The molecule has 2 aromatic rings. The summed E-state index contributed by atoms with van der Waals surface area (Å²) in [6.45, 7) is 1.88. The standard InChI is InChI=1S/C21H20N2O7/c1-14-5-3-4-6-16(14)11-22(2)20(24)12-28-21(25)8-7-15-9-18-19(30-13-29-18)10-17(15)23(26)27/h3-10H,11-13H2,1-2H3/b8-7+. The lowest BCUT2D eigenvalue weighted by Crippen LogP contribution is -2.30. The van der Waals surface area contributed by atoms with E-state index in [4.69, 9.17) is 14.2 Å². The number of nitro benzene ring substituents is 1. The first kappa shape index (κ1) is 20.8. The van der Waals surface area contributed by atoms with Gasteiger partial charge in [0.15, 0.2) is 18.1 Å². The van der Waals surface area contributed by atoms with Crippen LogP contribution in [0.4, 0.5) is 5.69 Å². The third-order valence-corrected chi connectivity index (χ3v) is 4.55. The molecular weight excluding hydrogens is 392 g/mol. The summed E-state index contributed by atoms with van der Waals surface area (Å²) in [5.41, 5.74) is 1.97. The first-order valence-corrected chi connectivity index (χ1v) is 9.06. The van der Waals surface area contributed by atoms with Crippen molar-refractivity contribution in [2.45, 2.75) is 13.5 Å². The van der Waals surface area contributed by atoms with Crippen molar-refractivity contribution in [3.05, 3.63) is 69.3 Å². The summed E-state index contributed by atoms with van der Waals surface area (Å²) in [6, 6.07) is 10.3. The number of likely N-dealkylation sites (N-methyl/N-ethyl adjacent to an activating group) is 1. The smallest absolute Gasteiger partial charge is 0.331 e. The van der Waals surface area contributed by atoms with Gasteiger partial charge in [-0.05, 0) is 30.2 Å². The van der Waals surface area contributed by atoms with Gasteiger partial charge in [-0.1, -0.05) is 24.3 Å². The molecule has 3 rings (SSSR count). The SMILES string of the molecule is Cc1ccccc1CN(C)C(=O)COC(=O)/C=C/c1cc2c(cc1[N+](=O)[O-])OCO2.